The third-order valence-electron chi connectivity index (χ3n) is 4.51. The first-order valence-corrected chi connectivity index (χ1v) is 8.06. The molecule has 0 saturated carbocycles. The molecular weight excluding hydrogens is 290 g/mol. The minimum atomic E-state index is -0.117. The normalized spacial score (nSPS) is 18.0. The zero-order valence-corrected chi connectivity index (χ0v) is 13.1. The van der Waals surface area contributed by atoms with E-state index in [0.717, 1.165) is 25.1 Å². The Balaban J connectivity index is 1.86. The fourth-order valence-corrected chi connectivity index (χ4v) is 3.43. The van der Waals surface area contributed by atoms with Crippen LogP contribution < -0.4 is 10.6 Å². The third-order valence-corrected chi connectivity index (χ3v) is 4.51. The SMILES string of the molecule is CCc1nn(N2CCCC2c2ccccc2)c2nc[nH]c(=O)c12. The van der Waals surface area contributed by atoms with Crippen molar-refractivity contribution in [1.82, 2.24) is 19.9 Å². The van der Waals surface area contributed by atoms with E-state index in [1.54, 1.807) is 0 Å². The number of hydrogen-bond donors (Lipinski definition) is 1. The lowest BCUT2D eigenvalue weighted by Gasteiger charge is -2.26. The van der Waals surface area contributed by atoms with Crippen LogP contribution in [0.4, 0.5) is 0 Å². The van der Waals surface area contributed by atoms with Crippen molar-refractivity contribution >= 4 is 11.0 Å². The Hall–Kier alpha value is -2.63. The van der Waals surface area contributed by atoms with Crippen LogP contribution in [0.3, 0.4) is 0 Å². The Morgan fingerprint density at radius 3 is 2.91 bits per heavy atom. The van der Waals surface area contributed by atoms with E-state index in [0.29, 0.717) is 17.5 Å². The highest BCUT2D eigenvalue weighted by Crippen LogP contribution is 2.31. The number of hydrogen-bond acceptors (Lipinski definition) is 4. The van der Waals surface area contributed by atoms with Gasteiger partial charge < -0.3 is 4.98 Å². The topological polar surface area (TPSA) is 66.8 Å². The van der Waals surface area contributed by atoms with Gasteiger partial charge in [0.15, 0.2) is 5.65 Å². The lowest BCUT2D eigenvalue weighted by molar-refractivity contribution is 0.518. The van der Waals surface area contributed by atoms with Crippen molar-refractivity contribution in [3.05, 3.63) is 58.3 Å². The van der Waals surface area contributed by atoms with Crippen molar-refractivity contribution in [2.24, 2.45) is 0 Å². The van der Waals surface area contributed by atoms with Gasteiger partial charge in [0.05, 0.1) is 18.1 Å². The minimum Gasteiger partial charge on any atom is -0.312 e. The van der Waals surface area contributed by atoms with E-state index in [2.05, 4.69) is 44.3 Å². The maximum Gasteiger partial charge on any atom is 0.262 e. The molecule has 1 aliphatic rings. The molecular formula is C17H19N5O. The maximum atomic E-state index is 12.2. The number of aromatic nitrogens is 4. The fraction of sp³-hybridized carbons (Fsp3) is 0.353. The summed E-state index contributed by atoms with van der Waals surface area (Å²) in [4.78, 5) is 21.1. The van der Waals surface area contributed by atoms with E-state index in [-0.39, 0.29) is 11.6 Å². The Bertz CT molecular complexity index is 883. The monoisotopic (exact) mass is 309 g/mol. The molecule has 1 aliphatic heterocycles. The summed E-state index contributed by atoms with van der Waals surface area (Å²) in [5, 5.41) is 7.52. The number of rotatable bonds is 3. The molecule has 0 spiro atoms. The molecule has 0 bridgehead atoms. The average Bonchev–Trinajstić information content (AvgIpc) is 3.20. The number of aryl methyl sites for hydroxylation is 1. The highest BCUT2D eigenvalue weighted by molar-refractivity contribution is 5.77. The van der Waals surface area contributed by atoms with Crippen molar-refractivity contribution < 1.29 is 0 Å². The molecule has 4 rings (SSSR count). The van der Waals surface area contributed by atoms with Gasteiger partial charge in [0.25, 0.3) is 5.56 Å². The molecule has 1 atom stereocenters. The molecule has 0 aliphatic carbocycles. The van der Waals surface area contributed by atoms with E-state index >= 15 is 0 Å². The Labute approximate surface area is 133 Å². The molecule has 1 unspecified atom stereocenters. The first kappa shape index (κ1) is 14.0. The minimum absolute atomic E-state index is 0.117. The Kier molecular flexibility index (Phi) is 3.37. The van der Waals surface area contributed by atoms with E-state index in [1.807, 2.05) is 17.8 Å². The standard InChI is InChI=1S/C17H19N5O/c1-2-13-15-16(18-11-19-17(15)23)22(20-13)21-10-6-9-14(21)12-7-4-3-5-8-12/h3-5,7-8,11,14H,2,6,9-10H2,1H3,(H,18,19,23). The van der Waals surface area contributed by atoms with Crippen LogP contribution in [0.1, 0.15) is 37.1 Å². The van der Waals surface area contributed by atoms with Gasteiger partial charge in [0.1, 0.15) is 5.39 Å². The van der Waals surface area contributed by atoms with Gasteiger partial charge in [0.2, 0.25) is 0 Å². The van der Waals surface area contributed by atoms with Crippen molar-refractivity contribution in [2.75, 3.05) is 11.6 Å². The first-order valence-electron chi connectivity index (χ1n) is 8.06. The first-order chi connectivity index (χ1) is 11.3. The molecule has 6 nitrogen and oxygen atoms in total. The number of aromatic amines is 1. The van der Waals surface area contributed by atoms with E-state index in [1.165, 1.54) is 11.9 Å². The molecule has 118 valence electrons. The molecule has 6 heteroatoms. The van der Waals surface area contributed by atoms with E-state index in [4.69, 9.17) is 0 Å². The molecule has 23 heavy (non-hydrogen) atoms. The molecule has 1 aromatic carbocycles. The van der Waals surface area contributed by atoms with Gasteiger partial charge in [-0.15, -0.1) is 0 Å². The van der Waals surface area contributed by atoms with Gasteiger partial charge in [0, 0.05) is 6.54 Å². The molecule has 3 aromatic rings. The molecule has 1 saturated heterocycles. The zero-order valence-electron chi connectivity index (χ0n) is 13.1. The van der Waals surface area contributed by atoms with Crippen molar-refractivity contribution in [3.63, 3.8) is 0 Å². The number of benzene rings is 1. The van der Waals surface area contributed by atoms with Crippen LogP contribution in [0.15, 0.2) is 41.5 Å². The van der Waals surface area contributed by atoms with Crippen LogP contribution in [0.5, 0.6) is 0 Å². The molecule has 2 aromatic heterocycles. The van der Waals surface area contributed by atoms with Gasteiger partial charge in [-0.25, -0.2) is 4.98 Å². The smallest absolute Gasteiger partial charge is 0.262 e. The van der Waals surface area contributed by atoms with Crippen molar-refractivity contribution in [1.29, 1.82) is 0 Å². The Morgan fingerprint density at radius 1 is 1.30 bits per heavy atom. The number of nitrogens with zero attached hydrogens (tertiary/aromatic N) is 4. The van der Waals surface area contributed by atoms with Gasteiger partial charge in [-0.05, 0) is 24.8 Å². The predicted molar refractivity (Wildman–Crippen MR) is 89.0 cm³/mol. The van der Waals surface area contributed by atoms with Crippen LogP contribution in [0, 0.1) is 0 Å². The molecule has 1 N–H and O–H groups in total. The van der Waals surface area contributed by atoms with Crippen LogP contribution in [0.25, 0.3) is 11.0 Å². The maximum absolute atomic E-state index is 12.2. The summed E-state index contributed by atoms with van der Waals surface area (Å²) in [6.45, 7) is 2.92. The predicted octanol–water partition coefficient (Wildman–Crippen LogP) is 2.16. The second kappa shape index (κ2) is 5.53. The van der Waals surface area contributed by atoms with Gasteiger partial charge >= 0.3 is 0 Å². The lowest BCUT2D eigenvalue weighted by atomic mass is 10.1. The summed E-state index contributed by atoms with van der Waals surface area (Å²) in [6, 6.07) is 10.7. The Morgan fingerprint density at radius 2 is 2.13 bits per heavy atom. The summed E-state index contributed by atoms with van der Waals surface area (Å²) in [6.07, 6.45) is 4.35. The third kappa shape index (κ3) is 2.21. The van der Waals surface area contributed by atoms with Crippen molar-refractivity contribution in [2.45, 2.75) is 32.2 Å². The molecule has 0 amide bonds. The van der Waals surface area contributed by atoms with Crippen LogP contribution >= 0.6 is 0 Å². The van der Waals surface area contributed by atoms with E-state index < -0.39 is 0 Å². The second-order valence-corrected chi connectivity index (χ2v) is 5.85. The summed E-state index contributed by atoms with van der Waals surface area (Å²) in [7, 11) is 0. The number of fused-ring (bicyclic) bond motifs is 1. The fourth-order valence-electron chi connectivity index (χ4n) is 3.43. The second-order valence-electron chi connectivity index (χ2n) is 5.85. The number of nitrogens with one attached hydrogen (secondary N) is 1. The quantitative estimate of drug-likeness (QED) is 0.805. The summed E-state index contributed by atoms with van der Waals surface area (Å²) in [5.41, 5.74) is 2.60. The number of H-pyrrole nitrogens is 1. The van der Waals surface area contributed by atoms with Crippen LogP contribution in [-0.4, -0.2) is 26.4 Å². The molecule has 0 radical (unpaired) electrons. The van der Waals surface area contributed by atoms with Gasteiger partial charge in [-0.1, -0.05) is 37.3 Å². The average molecular weight is 309 g/mol. The van der Waals surface area contributed by atoms with Crippen molar-refractivity contribution in [3.8, 4) is 0 Å². The van der Waals surface area contributed by atoms with Gasteiger partial charge in [-0.3, -0.25) is 9.80 Å². The van der Waals surface area contributed by atoms with E-state index in [9.17, 15) is 4.79 Å². The highest BCUT2D eigenvalue weighted by atomic mass is 16.1. The van der Waals surface area contributed by atoms with Crippen LogP contribution in [-0.2, 0) is 6.42 Å². The molecule has 3 heterocycles. The summed E-state index contributed by atoms with van der Waals surface area (Å²) >= 11 is 0. The highest BCUT2D eigenvalue weighted by Gasteiger charge is 2.29. The zero-order chi connectivity index (χ0) is 15.8. The summed E-state index contributed by atoms with van der Waals surface area (Å²) < 4.78 is 0. The molecule has 1 fully saturated rings. The largest absolute Gasteiger partial charge is 0.312 e. The van der Waals surface area contributed by atoms with Crippen LogP contribution in [0.2, 0.25) is 0 Å². The lowest BCUT2D eigenvalue weighted by Crippen LogP contribution is -2.35. The summed E-state index contributed by atoms with van der Waals surface area (Å²) in [5.74, 6) is 0. The van der Waals surface area contributed by atoms with Gasteiger partial charge in [-0.2, -0.15) is 9.89 Å².